The Balaban J connectivity index is 1.66. The third kappa shape index (κ3) is 5.14. The molecule has 0 aliphatic heterocycles. The van der Waals surface area contributed by atoms with Crippen molar-refractivity contribution in [3.63, 3.8) is 0 Å². The highest BCUT2D eigenvalue weighted by atomic mass is 16.5. The van der Waals surface area contributed by atoms with Crippen LogP contribution < -0.4 is 15.8 Å². The molecule has 0 heterocycles. The van der Waals surface area contributed by atoms with Gasteiger partial charge < -0.3 is 15.8 Å². The lowest BCUT2D eigenvalue weighted by molar-refractivity contribution is 0.414. The van der Waals surface area contributed by atoms with Crippen LogP contribution in [-0.2, 0) is 0 Å². The van der Waals surface area contributed by atoms with E-state index in [1.807, 2.05) is 30.3 Å². The van der Waals surface area contributed by atoms with E-state index >= 15 is 0 Å². The van der Waals surface area contributed by atoms with Crippen LogP contribution in [0.5, 0.6) is 5.75 Å². The van der Waals surface area contributed by atoms with Crippen LogP contribution >= 0.6 is 0 Å². The SMILES string of the molecule is COc1ccc(C(NCC(c2ccccc2)c2ccccc2)c2cccc(N)c2)cc1. The van der Waals surface area contributed by atoms with Crippen LogP contribution in [0.1, 0.15) is 34.2 Å². The first-order valence-electron chi connectivity index (χ1n) is 10.6. The maximum atomic E-state index is 6.11. The minimum Gasteiger partial charge on any atom is -0.497 e. The number of nitrogens with one attached hydrogen (secondary N) is 1. The molecule has 4 aromatic carbocycles. The molecular formula is C28H28N2O. The van der Waals surface area contributed by atoms with Gasteiger partial charge in [0.05, 0.1) is 13.2 Å². The van der Waals surface area contributed by atoms with Crippen LogP contribution in [-0.4, -0.2) is 13.7 Å². The molecular weight excluding hydrogens is 380 g/mol. The lowest BCUT2D eigenvalue weighted by Gasteiger charge is -2.25. The summed E-state index contributed by atoms with van der Waals surface area (Å²) in [5.41, 5.74) is 11.8. The summed E-state index contributed by atoms with van der Waals surface area (Å²) < 4.78 is 5.35. The van der Waals surface area contributed by atoms with Gasteiger partial charge in [-0.25, -0.2) is 0 Å². The third-order valence-corrected chi connectivity index (χ3v) is 5.62. The van der Waals surface area contributed by atoms with Gasteiger partial charge in [0.25, 0.3) is 0 Å². The predicted molar refractivity (Wildman–Crippen MR) is 128 cm³/mol. The first-order valence-corrected chi connectivity index (χ1v) is 10.6. The van der Waals surface area contributed by atoms with Gasteiger partial charge in [-0.3, -0.25) is 0 Å². The first kappa shape index (κ1) is 20.7. The normalized spacial score (nSPS) is 11.9. The molecule has 0 aromatic heterocycles. The van der Waals surface area contributed by atoms with Crippen molar-refractivity contribution in [1.29, 1.82) is 0 Å². The predicted octanol–water partition coefficient (Wildman–Crippen LogP) is 5.79. The standard InChI is InChI=1S/C28H28N2O/c1-31-26-17-15-23(16-18-26)28(24-13-8-14-25(29)19-24)30-20-27(21-9-4-2-5-10-21)22-11-6-3-7-12-22/h2-19,27-28,30H,20,29H2,1H3. The van der Waals surface area contributed by atoms with E-state index in [1.54, 1.807) is 7.11 Å². The number of methoxy groups -OCH3 is 1. The molecule has 0 spiro atoms. The highest BCUT2D eigenvalue weighted by Crippen LogP contribution is 2.29. The average Bonchev–Trinajstić information content (AvgIpc) is 2.83. The van der Waals surface area contributed by atoms with Crippen LogP contribution in [0.4, 0.5) is 5.69 Å². The molecule has 0 aliphatic carbocycles. The number of anilines is 1. The molecule has 0 fully saturated rings. The van der Waals surface area contributed by atoms with E-state index in [0.29, 0.717) is 0 Å². The fourth-order valence-electron chi connectivity index (χ4n) is 4.00. The van der Waals surface area contributed by atoms with E-state index < -0.39 is 0 Å². The average molecular weight is 409 g/mol. The molecule has 156 valence electrons. The number of benzene rings is 4. The zero-order valence-corrected chi connectivity index (χ0v) is 17.7. The topological polar surface area (TPSA) is 47.3 Å². The highest BCUT2D eigenvalue weighted by molar-refractivity contribution is 5.45. The van der Waals surface area contributed by atoms with E-state index in [2.05, 4.69) is 84.2 Å². The quantitative estimate of drug-likeness (QED) is 0.363. The summed E-state index contributed by atoms with van der Waals surface area (Å²) in [7, 11) is 1.69. The van der Waals surface area contributed by atoms with Crippen molar-refractivity contribution in [2.75, 3.05) is 19.4 Å². The summed E-state index contributed by atoms with van der Waals surface area (Å²) in [6.45, 7) is 0.791. The summed E-state index contributed by atoms with van der Waals surface area (Å²) in [6.07, 6.45) is 0. The second-order valence-corrected chi connectivity index (χ2v) is 7.66. The molecule has 0 amide bonds. The Hall–Kier alpha value is -3.56. The van der Waals surface area contributed by atoms with Gasteiger partial charge in [-0.2, -0.15) is 0 Å². The Kier molecular flexibility index (Phi) is 6.65. The molecule has 1 atom stereocenters. The van der Waals surface area contributed by atoms with Crippen molar-refractivity contribution in [2.45, 2.75) is 12.0 Å². The molecule has 1 unspecified atom stereocenters. The minimum absolute atomic E-state index is 0.0179. The molecule has 0 bridgehead atoms. The summed E-state index contributed by atoms with van der Waals surface area (Å²) in [5, 5.41) is 3.82. The van der Waals surface area contributed by atoms with Crippen molar-refractivity contribution in [3.05, 3.63) is 131 Å². The van der Waals surface area contributed by atoms with Crippen molar-refractivity contribution >= 4 is 5.69 Å². The second-order valence-electron chi connectivity index (χ2n) is 7.66. The summed E-state index contributed by atoms with van der Waals surface area (Å²) >= 11 is 0. The van der Waals surface area contributed by atoms with Gasteiger partial charge in [0, 0.05) is 18.2 Å². The minimum atomic E-state index is 0.0179. The first-order chi connectivity index (χ1) is 15.2. The lowest BCUT2D eigenvalue weighted by Crippen LogP contribution is -2.28. The molecule has 3 N–H and O–H groups in total. The van der Waals surface area contributed by atoms with E-state index in [4.69, 9.17) is 10.5 Å². The smallest absolute Gasteiger partial charge is 0.118 e. The van der Waals surface area contributed by atoms with Gasteiger partial charge >= 0.3 is 0 Å². The molecule has 0 aliphatic rings. The molecule has 3 heteroatoms. The molecule has 0 radical (unpaired) electrons. The van der Waals surface area contributed by atoms with Gasteiger partial charge in [-0.1, -0.05) is 84.9 Å². The van der Waals surface area contributed by atoms with Crippen LogP contribution in [0.25, 0.3) is 0 Å². The molecule has 4 rings (SSSR count). The van der Waals surface area contributed by atoms with E-state index in [9.17, 15) is 0 Å². The van der Waals surface area contributed by atoms with Crippen LogP contribution in [0.2, 0.25) is 0 Å². The number of nitrogens with two attached hydrogens (primary N) is 1. The fraction of sp³-hybridized carbons (Fsp3) is 0.143. The Labute approximate surface area is 184 Å². The Bertz CT molecular complexity index is 1040. The summed E-state index contributed by atoms with van der Waals surface area (Å²) in [5.74, 6) is 1.09. The second kappa shape index (κ2) is 9.96. The van der Waals surface area contributed by atoms with E-state index in [-0.39, 0.29) is 12.0 Å². The molecule has 0 saturated carbocycles. The maximum absolute atomic E-state index is 6.11. The molecule has 0 saturated heterocycles. The zero-order valence-electron chi connectivity index (χ0n) is 17.7. The Morgan fingerprint density at radius 1 is 0.677 bits per heavy atom. The van der Waals surface area contributed by atoms with Gasteiger partial charge in [0.2, 0.25) is 0 Å². The van der Waals surface area contributed by atoms with Gasteiger partial charge in [0.1, 0.15) is 5.75 Å². The Morgan fingerprint density at radius 2 is 1.26 bits per heavy atom. The lowest BCUT2D eigenvalue weighted by atomic mass is 9.90. The zero-order chi connectivity index (χ0) is 21.5. The van der Waals surface area contributed by atoms with E-state index in [0.717, 1.165) is 23.5 Å². The van der Waals surface area contributed by atoms with Gasteiger partial charge in [0.15, 0.2) is 0 Å². The number of nitrogen functional groups attached to an aromatic ring is 1. The highest BCUT2D eigenvalue weighted by Gasteiger charge is 2.19. The van der Waals surface area contributed by atoms with E-state index in [1.165, 1.54) is 16.7 Å². The summed E-state index contributed by atoms with van der Waals surface area (Å²) in [4.78, 5) is 0. The third-order valence-electron chi connectivity index (χ3n) is 5.62. The number of ether oxygens (including phenoxy) is 1. The maximum Gasteiger partial charge on any atom is 0.118 e. The molecule has 4 aromatic rings. The number of hydrogen-bond acceptors (Lipinski definition) is 3. The van der Waals surface area contributed by atoms with Crippen molar-refractivity contribution in [2.24, 2.45) is 0 Å². The van der Waals surface area contributed by atoms with Crippen molar-refractivity contribution in [1.82, 2.24) is 5.32 Å². The van der Waals surface area contributed by atoms with Crippen LogP contribution in [0.15, 0.2) is 109 Å². The van der Waals surface area contributed by atoms with Crippen LogP contribution in [0.3, 0.4) is 0 Å². The fourth-order valence-corrected chi connectivity index (χ4v) is 4.00. The monoisotopic (exact) mass is 408 g/mol. The van der Waals surface area contributed by atoms with Crippen molar-refractivity contribution in [3.8, 4) is 5.75 Å². The Morgan fingerprint density at radius 3 is 1.81 bits per heavy atom. The van der Waals surface area contributed by atoms with Crippen molar-refractivity contribution < 1.29 is 4.74 Å². The molecule has 31 heavy (non-hydrogen) atoms. The van der Waals surface area contributed by atoms with Gasteiger partial charge in [-0.15, -0.1) is 0 Å². The van der Waals surface area contributed by atoms with Gasteiger partial charge in [-0.05, 0) is 46.5 Å². The summed E-state index contributed by atoms with van der Waals surface area (Å²) in [6, 6.07) is 37.7. The number of rotatable bonds is 8. The molecule has 3 nitrogen and oxygen atoms in total. The number of hydrogen-bond donors (Lipinski definition) is 2. The largest absolute Gasteiger partial charge is 0.497 e. The van der Waals surface area contributed by atoms with Crippen LogP contribution in [0, 0.1) is 0 Å².